The van der Waals surface area contributed by atoms with Crippen LogP contribution in [0.15, 0.2) is 4.99 Å². The van der Waals surface area contributed by atoms with Crippen LogP contribution in [0.5, 0.6) is 0 Å². The molecule has 0 aromatic rings. The monoisotopic (exact) mass is 381 g/mol. The van der Waals surface area contributed by atoms with Gasteiger partial charge in [-0.2, -0.15) is 0 Å². The Labute approximate surface area is 165 Å². The van der Waals surface area contributed by atoms with Gasteiger partial charge in [0.1, 0.15) is 6.10 Å². The summed E-state index contributed by atoms with van der Waals surface area (Å²) in [6.07, 6.45) is 13.4. The lowest BCUT2D eigenvalue weighted by Crippen LogP contribution is -2.53. The molecular formula is C21H39N3O3. The van der Waals surface area contributed by atoms with E-state index in [1.165, 1.54) is 38.5 Å². The Kier molecular flexibility index (Phi) is 9.18. The van der Waals surface area contributed by atoms with Gasteiger partial charge in [0.05, 0.1) is 18.8 Å². The number of guanidine groups is 1. The third kappa shape index (κ3) is 6.91. The van der Waals surface area contributed by atoms with Crippen LogP contribution in [0.1, 0.15) is 64.2 Å². The maximum atomic E-state index is 6.01. The van der Waals surface area contributed by atoms with Crippen molar-refractivity contribution in [2.24, 2.45) is 4.99 Å². The standard InChI is InChI=1S/C21H39N3O3/c1-22-21(24-13-16-27-20(17-24)19-11-8-15-26-19)23-12-6-3-7-14-25-18-9-4-2-5-10-18/h18-20H,2-17H2,1H3,(H,22,23). The Balaban J connectivity index is 1.26. The summed E-state index contributed by atoms with van der Waals surface area (Å²) < 4.78 is 17.8. The van der Waals surface area contributed by atoms with Crippen LogP contribution in [-0.2, 0) is 14.2 Å². The maximum Gasteiger partial charge on any atom is 0.193 e. The summed E-state index contributed by atoms with van der Waals surface area (Å²) in [6, 6.07) is 0. The number of unbranched alkanes of at least 4 members (excludes halogenated alkanes) is 2. The van der Waals surface area contributed by atoms with Crippen molar-refractivity contribution in [2.75, 3.05) is 46.5 Å². The number of hydrogen-bond donors (Lipinski definition) is 1. The van der Waals surface area contributed by atoms with E-state index >= 15 is 0 Å². The Hall–Kier alpha value is -0.850. The molecule has 0 aromatic carbocycles. The van der Waals surface area contributed by atoms with Crippen LogP contribution < -0.4 is 5.32 Å². The van der Waals surface area contributed by atoms with Crippen molar-refractivity contribution in [3.8, 4) is 0 Å². The first-order valence-corrected chi connectivity index (χ1v) is 11.2. The number of aliphatic imine (C=N–C) groups is 1. The zero-order valence-corrected chi connectivity index (χ0v) is 17.2. The highest BCUT2D eigenvalue weighted by Crippen LogP contribution is 2.21. The van der Waals surface area contributed by atoms with E-state index in [0.717, 1.165) is 71.1 Å². The second kappa shape index (κ2) is 11.9. The van der Waals surface area contributed by atoms with Crippen molar-refractivity contribution in [1.29, 1.82) is 0 Å². The number of nitrogens with one attached hydrogen (secondary N) is 1. The molecule has 2 aliphatic heterocycles. The third-order valence-electron chi connectivity index (χ3n) is 5.99. The van der Waals surface area contributed by atoms with E-state index in [-0.39, 0.29) is 12.2 Å². The van der Waals surface area contributed by atoms with Crippen LogP contribution in [-0.4, -0.2) is 75.7 Å². The number of hydrogen-bond acceptors (Lipinski definition) is 4. The van der Waals surface area contributed by atoms with Gasteiger partial charge in [-0.1, -0.05) is 19.3 Å². The molecule has 3 aliphatic rings. The van der Waals surface area contributed by atoms with Gasteiger partial charge in [0.15, 0.2) is 5.96 Å². The highest BCUT2D eigenvalue weighted by molar-refractivity contribution is 5.80. The molecule has 0 spiro atoms. The largest absolute Gasteiger partial charge is 0.378 e. The third-order valence-corrected chi connectivity index (χ3v) is 5.99. The van der Waals surface area contributed by atoms with Crippen molar-refractivity contribution < 1.29 is 14.2 Å². The van der Waals surface area contributed by atoms with E-state index in [2.05, 4.69) is 15.2 Å². The quantitative estimate of drug-likeness (QED) is 0.398. The number of ether oxygens (including phenoxy) is 3. The normalized spacial score (nSPS) is 27.9. The molecule has 0 aromatic heterocycles. The lowest BCUT2D eigenvalue weighted by molar-refractivity contribution is -0.0816. The molecule has 2 unspecified atom stereocenters. The van der Waals surface area contributed by atoms with Crippen molar-refractivity contribution in [3.05, 3.63) is 0 Å². The second-order valence-electron chi connectivity index (χ2n) is 8.07. The van der Waals surface area contributed by atoms with Gasteiger partial charge < -0.3 is 24.4 Å². The number of morpholine rings is 1. The molecule has 6 heteroatoms. The molecule has 1 N–H and O–H groups in total. The van der Waals surface area contributed by atoms with Gasteiger partial charge in [0.25, 0.3) is 0 Å². The van der Waals surface area contributed by atoms with Gasteiger partial charge in [-0.25, -0.2) is 0 Å². The molecule has 27 heavy (non-hydrogen) atoms. The molecule has 3 rings (SSSR count). The number of nitrogens with zero attached hydrogens (tertiary/aromatic N) is 2. The van der Waals surface area contributed by atoms with Crippen LogP contribution in [0.25, 0.3) is 0 Å². The van der Waals surface area contributed by atoms with Crippen LogP contribution in [0.4, 0.5) is 0 Å². The molecule has 6 nitrogen and oxygen atoms in total. The zero-order valence-electron chi connectivity index (χ0n) is 17.2. The Bertz CT molecular complexity index is 434. The smallest absolute Gasteiger partial charge is 0.193 e. The van der Waals surface area contributed by atoms with Gasteiger partial charge in [-0.05, 0) is 44.9 Å². The summed E-state index contributed by atoms with van der Waals surface area (Å²) in [7, 11) is 1.87. The predicted molar refractivity (Wildman–Crippen MR) is 108 cm³/mol. The predicted octanol–water partition coefficient (Wildman–Crippen LogP) is 2.96. The van der Waals surface area contributed by atoms with Gasteiger partial charge in [-0.3, -0.25) is 4.99 Å². The first-order chi connectivity index (χ1) is 13.4. The van der Waals surface area contributed by atoms with Gasteiger partial charge in [-0.15, -0.1) is 0 Å². The Morgan fingerprint density at radius 2 is 1.85 bits per heavy atom. The van der Waals surface area contributed by atoms with E-state index < -0.39 is 0 Å². The highest BCUT2D eigenvalue weighted by atomic mass is 16.5. The van der Waals surface area contributed by atoms with Crippen molar-refractivity contribution in [2.45, 2.75) is 82.5 Å². The van der Waals surface area contributed by atoms with Gasteiger partial charge >= 0.3 is 0 Å². The summed E-state index contributed by atoms with van der Waals surface area (Å²) in [5.74, 6) is 1.000. The first kappa shape index (κ1) is 20.9. The SMILES string of the molecule is CN=C(NCCCCCOC1CCCCC1)N1CCOC(C2CCCO2)C1. The Morgan fingerprint density at radius 3 is 2.63 bits per heavy atom. The van der Waals surface area contributed by atoms with E-state index in [1.807, 2.05) is 7.05 Å². The van der Waals surface area contributed by atoms with Gasteiger partial charge in [0.2, 0.25) is 0 Å². The fourth-order valence-electron chi connectivity index (χ4n) is 4.41. The molecule has 3 fully saturated rings. The lowest BCUT2D eigenvalue weighted by Gasteiger charge is -2.37. The molecule has 2 atom stereocenters. The fraction of sp³-hybridized carbons (Fsp3) is 0.952. The van der Waals surface area contributed by atoms with Crippen LogP contribution >= 0.6 is 0 Å². The second-order valence-corrected chi connectivity index (χ2v) is 8.07. The molecule has 2 heterocycles. The summed E-state index contributed by atoms with van der Waals surface area (Å²) in [4.78, 5) is 6.80. The average molecular weight is 382 g/mol. The first-order valence-electron chi connectivity index (χ1n) is 11.2. The summed E-state index contributed by atoms with van der Waals surface area (Å²) in [5, 5.41) is 3.53. The fourth-order valence-corrected chi connectivity index (χ4v) is 4.41. The summed E-state index contributed by atoms with van der Waals surface area (Å²) in [5.41, 5.74) is 0. The highest BCUT2D eigenvalue weighted by Gasteiger charge is 2.32. The zero-order chi connectivity index (χ0) is 18.7. The molecular weight excluding hydrogens is 342 g/mol. The van der Waals surface area contributed by atoms with E-state index in [0.29, 0.717) is 6.10 Å². The molecule has 0 amide bonds. The number of rotatable bonds is 8. The Morgan fingerprint density at radius 1 is 1.00 bits per heavy atom. The van der Waals surface area contributed by atoms with E-state index in [1.54, 1.807) is 0 Å². The lowest BCUT2D eigenvalue weighted by atomic mass is 9.98. The molecule has 0 bridgehead atoms. The van der Waals surface area contributed by atoms with Crippen LogP contribution in [0.2, 0.25) is 0 Å². The van der Waals surface area contributed by atoms with Crippen molar-refractivity contribution in [1.82, 2.24) is 10.2 Å². The molecule has 1 aliphatic carbocycles. The molecule has 2 saturated heterocycles. The topological polar surface area (TPSA) is 55.3 Å². The van der Waals surface area contributed by atoms with E-state index in [4.69, 9.17) is 14.2 Å². The minimum absolute atomic E-state index is 0.178. The van der Waals surface area contributed by atoms with Crippen molar-refractivity contribution >= 4 is 5.96 Å². The molecule has 0 radical (unpaired) electrons. The molecule has 1 saturated carbocycles. The average Bonchev–Trinajstić information content (AvgIpc) is 3.26. The summed E-state index contributed by atoms with van der Waals surface area (Å²) in [6.45, 7) is 5.30. The van der Waals surface area contributed by atoms with Gasteiger partial charge in [0, 0.05) is 39.9 Å². The summed E-state index contributed by atoms with van der Waals surface area (Å²) >= 11 is 0. The molecule has 156 valence electrons. The minimum atomic E-state index is 0.178. The maximum absolute atomic E-state index is 6.01. The van der Waals surface area contributed by atoms with Crippen molar-refractivity contribution in [3.63, 3.8) is 0 Å². The van der Waals surface area contributed by atoms with Crippen LogP contribution in [0.3, 0.4) is 0 Å². The van der Waals surface area contributed by atoms with E-state index in [9.17, 15) is 0 Å². The van der Waals surface area contributed by atoms with Crippen LogP contribution in [0, 0.1) is 0 Å². The minimum Gasteiger partial charge on any atom is -0.378 e.